The van der Waals surface area contributed by atoms with Gasteiger partial charge in [-0.05, 0) is 140 Å². The molecule has 2 atom stereocenters. The van der Waals surface area contributed by atoms with Crippen LogP contribution in [-0.4, -0.2) is 84.0 Å². The van der Waals surface area contributed by atoms with Crippen LogP contribution in [-0.2, 0) is 32.9 Å². The van der Waals surface area contributed by atoms with Crippen LogP contribution < -0.4 is 13.9 Å². The van der Waals surface area contributed by atoms with E-state index in [2.05, 4.69) is 86.4 Å². The molecule has 10 nitrogen and oxygen atoms in total. The van der Waals surface area contributed by atoms with Crippen LogP contribution in [0, 0.1) is 11.8 Å². The molecule has 2 N–H and O–H groups in total. The number of likely N-dealkylation sites (tertiary alicyclic amines) is 1. The average Bonchev–Trinajstić information content (AvgIpc) is 4.12. The van der Waals surface area contributed by atoms with Crippen LogP contribution in [0.25, 0.3) is 0 Å². The Balaban J connectivity index is 0.000000197. The van der Waals surface area contributed by atoms with Crippen LogP contribution in [0.3, 0.4) is 0 Å². The maximum absolute atomic E-state index is 13.4. The van der Waals surface area contributed by atoms with Crippen molar-refractivity contribution in [2.45, 2.75) is 46.9 Å². The molecule has 6 aromatic rings. The Morgan fingerprint density at radius 3 is 1.57 bits per heavy atom. The van der Waals surface area contributed by atoms with Crippen molar-refractivity contribution < 1.29 is 22.0 Å². The van der Waals surface area contributed by atoms with Crippen LogP contribution in [0.1, 0.15) is 36.8 Å². The molecular formula is C50H60BrN5O5S4. The third kappa shape index (κ3) is 16.7. The summed E-state index contributed by atoms with van der Waals surface area (Å²) < 4.78 is 56.7. The molecule has 2 aromatic heterocycles. The quantitative estimate of drug-likeness (QED) is 0.0455. The number of para-hydroxylation sites is 2. The molecule has 15 heteroatoms. The molecule has 4 aromatic carbocycles. The second kappa shape index (κ2) is 27.8. The summed E-state index contributed by atoms with van der Waals surface area (Å²) in [7, 11) is -7.04. The summed E-state index contributed by atoms with van der Waals surface area (Å²) in [6.45, 7) is 8.94. The zero-order chi connectivity index (χ0) is 46.2. The van der Waals surface area contributed by atoms with E-state index in [1.54, 1.807) is 38.3 Å². The van der Waals surface area contributed by atoms with Gasteiger partial charge in [-0.3, -0.25) is 8.61 Å². The highest BCUT2D eigenvalue weighted by Crippen LogP contribution is 2.31. The highest BCUT2D eigenvalue weighted by atomic mass is 79.9. The minimum Gasteiger partial charge on any atom is -0.404 e. The van der Waals surface area contributed by atoms with Gasteiger partial charge in [0.1, 0.15) is 8.42 Å². The van der Waals surface area contributed by atoms with Crippen molar-refractivity contribution in [1.82, 2.24) is 10.2 Å². The molecule has 0 spiro atoms. The summed E-state index contributed by atoms with van der Waals surface area (Å²) in [6.07, 6.45) is 6.50. The van der Waals surface area contributed by atoms with Gasteiger partial charge < -0.3 is 15.4 Å². The molecule has 2 unspecified atom stereocenters. The lowest BCUT2D eigenvalue weighted by atomic mass is 9.97. The van der Waals surface area contributed by atoms with Crippen molar-refractivity contribution in [2.24, 2.45) is 17.0 Å². The van der Waals surface area contributed by atoms with Gasteiger partial charge in [-0.1, -0.05) is 125 Å². The second-order valence-corrected chi connectivity index (χ2v) is 22.4. The lowest BCUT2D eigenvalue weighted by Crippen LogP contribution is -2.43. The number of aryl methyl sites for hydroxylation is 1. The first kappa shape index (κ1) is 51.4. The Morgan fingerprint density at radius 1 is 0.677 bits per heavy atom. The number of piperidine rings is 2. The summed E-state index contributed by atoms with van der Waals surface area (Å²) in [6, 6.07) is 46.9. The van der Waals surface area contributed by atoms with E-state index in [9.17, 15) is 16.8 Å². The highest BCUT2D eigenvalue weighted by Gasteiger charge is 2.31. The van der Waals surface area contributed by atoms with Gasteiger partial charge in [0.05, 0.1) is 11.4 Å². The van der Waals surface area contributed by atoms with E-state index in [4.69, 9.17) is 5.21 Å². The van der Waals surface area contributed by atoms with E-state index in [-0.39, 0.29) is 0 Å². The van der Waals surface area contributed by atoms with E-state index >= 15 is 0 Å². The van der Waals surface area contributed by atoms with Gasteiger partial charge in [-0.2, -0.15) is 0 Å². The number of hydrogen-bond acceptors (Lipinski definition) is 10. The van der Waals surface area contributed by atoms with Crippen molar-refractivity contribution in [3.63, 3.8) is 0 Å². The van der Waals surface area contributed by atoms with Crippen molar-refractivity contribution in [1.29, 1.82) is 0 Å². The van der Waals surface area contributed by atoms with Crippen LogP contribution in [0.2, 0.25) is 0 Å². The molecule has 346 valence electrons. The zero-order valence-corrected chi connectivity index (χ0v) is 41.5. The number of sulfonamides is 2. The van der Waals surface area contributed by atoms with E-state index in [0.29, 0.717) is 33.3 Å². The van der Waals surface area contributed by atoms with Gasteiger partial charge in [0.15, 0.2) is 0 Å². The highest BCUT2D eigenvalue weighted by molar-refractivity contribution is 9.09. The van der Waals surface area contributed by atoms with Gasteiger partial charge >= 0.3 is 0 Å². The Labute approximate surface area is 403 Å². The maximum atomic E-state index is 13.4. The third-order valence-corrected chi connectivity index (χ3v) is 17.6. The summed E-state index contributed by atoms with van der Waals surface area (Å²) >= 11 is 5.94. The topological polar surface area (TPSA) is 123 Å². The molecule has 0 bridgehead atoms. The van der Waals surface area contributed by atoms with E-state index < -0.39 is 20.0 Å². The number of nitrogens with one attached hydrogen (secondary N) is 1. The largest absolute Gasteiger partial charge is 0.404 e. The summed E-state index contributed by atoms with van der Waals surface area (Å²) in [5.74, 6) is 2.54. The Hall–Kier alpha value is -4.57. The Bertz CT molecular complexity index is 2460. The van der Waals surface area contributed by atoms with Gasteiger partial charge in [-0.25, -0.2) is 16.8 Å². The second-order valence-electron chi connectivity index (χ2n) is 15.5. The molecule has 2 aliphatic heterocycles. The monoisotopic (exact) mass is 1020 g/mol. The first-order chi connectivity index (χ1) is 31.6. The fourth-order valence-corrected chi connectivity index (χ4v) is 13.4. The summed E-state index contributed by atoms with van der Waals surface area (Å²) in [4.78, 5) is 2.49. The van der Waals surface area contributed by atoms with Gasteiger partial charge in [0.25, 0.3) is 20.0 Å². The predicted octanol–water partition coefficient (Wildman–Crippen LogP) is 10.7. The van der Waals surface area contributed by atoms with E-state index in [0.717, 1.165) is 88.0 Å². The lowest BCUT2D eigenvalue weighted by molar-refractivity contribution is 0.180. The van der Waals surface area contributed by atoms with Gasteiger partial charge in [0, 0.05) is 37.4 Å². The van der Waals surface area contributed by atoms with E-state index in [1.807, 2.05) is 84.0 Å². The first-order valence-electron chi connectivity index (χ1n) is 21.8. The maximum Gasteiger partial charge on any atom is 0.273 e. The van der Waals surface area contributed by atoms with Crippen LogP contribution in [0.15, 0.2) is 177 Å². The molecule has 4 heterocycles. The minimum atomic E-state index is -3.55. The summed E-state index contributed by atoms with van der Waals surface area (Å²) in [5.41, 5.74) is 4.23. The molecule has 8 rings (SSSR count). The van der Waals surface area contributed by atoms with Crippen LogP contribution in [0.4, 0.5) is 11.4 Å². The number of nitrogens with zero attached hydrogens (tertiary/aromatic N) is 4. The molecule has 0 aliphatic carbocycles. The smallest absolute Gasteiger partial charge is 0.273 e. The van der Waals surface area contributed by atoms with Crippen molar-refractivity contribution in [2.75, 3.05) is 59.8 Å². The standard InChI is InChI=1S/C24H28N2O2S2.C16H20N2O2S2.C8H9Br.C2H3NO/c27-30(28,24-14-8-18-29-24)26(23-12-5-2-6-13-23)20-22-11-7-16-25(19-22)17-15-21-9-3-1-4-10-21;19-22(20,16-9-5-11-21-16)18(15-7-2-1-3-8-15)13-14-6-4-10-17-12-14;9-7-6-8-4-2-1-3-5-8;1-2-3-4/h1-6,8-10,12-14,18,22H,7,11,15-17,19-20H2;1-3,5,7-9,11,14,17H,4,6,10,12-13H2;1-5H,6-7H2;4H,1H2. The Kier molecular flexibility index (Phi) is 22.0. The normalized spacial score (nSPS) is 16.1. The number of hydrogen-bond donors (Lipinski definition) is 2. The number of rotatable bonds is 15. The van der Waals surface area contributed by atoms with Crippen molar-refractivity contribution in [3.8, 4) is 0 Å². The fraction of sp³-hybridized carbons (Fsp3) is 0.320. The molecule has 0 radical (unpaired) electrons. The third-order valence-electron chi connectivity index (χ3n) is 10.9. The van der Waals surface area contributed by atoms with Crippen LogP contribution >= 0.6 is 38.6 Å². The fourth-order valence-electron chi connectivity index (χ4n) is 7.65. The molecule has 0 amide bonds. The molecule has 2 aliphatic rings. The number of benzene rings is 4. The Morgan fingerprint density at radius 2 is 1.14 bits per heavy atom. The summed E-state index contributed by atoms with van der Waals surface area (Å²) in [5, 5.41) is 17.7. The van der Waals surface area contributed by atoms with Gasteiger partial charge in [-0.15, -0.1) is 22.7 Å². The molecule has 2 fully saturated rings. The molecule has 0 saturated carbocycles. The van der Waals surface area contributed by atoms with Crippen molar-refractivity contribution in [3.05, 3.63) is 174 Å². The van der Waals surface area contributed by atoms with Gasteiger partial charge in [0.2, 0.25) is 0 Å². The SMILES string of the molecule is BrCCc1ccccc1.C=C=NO.O=S(=O)(c1cccs1)N(CC1CCCN(CCc2ccccc2)C1)c1ccccc1.O=S(=O)(c1cccs1)N(CC1CCCNC1)c1ccccc1. The first-order valence-corrected chi connectivity index (χ1v) is 27.6. The molecule has 2 saturated heterocycles. The van der Waals surface area contributed by atoms with E-state index in [1.165, 1.54) is 33.8 Å². The molecular weight excluding hydrogens is 959 g/mol. The average molecular weight is 1020 g/mol. The number of thiophene rings is 2. The number of anilines is 2. The molecule has 65 heavy (non-hydrogen) atoms. The minimum absolute atomic E-state index is 0.324. The number of halogens is 1. The van der Waals surface area contributed by atoms with Crippen LogP contribution in [0.5, 0.6) is 0 Å². The lowest BCUT2D eigenvalue weighted by Gasteiger charge is -2.36. The predicted molar refractivity (Wildman–Crippen MR) is 274 cm³/mol. The van der Waals surface area contributed by atoms with Crippen molar-refractivity contribution >= 4 is 75.9 Å². The zero-order valence-electron chi connectivity index (χ0n) is 36.7. The number of alkyl halides is 1.